The van der Waals surface area contributed by atoms with Crippen LogP contribution in [0.2, 0.25) is 0 Å². The summed E-state index contributed by atoms with van der Waals surface area (Å²) in [5.74, 6) is 3.79. The van der Waals surface area contributed by atoms with E-state index in [0.29, 0.717) is 22.5 Å². The zero-order valence-corrected chi connectivity index (χ0v) is 18.2. The fraction of sp³-hybridized carbons (Fsp3) is 0.500. The summed E-state index contributed by atoms with van der Waals surface area (Å²) in [6.45, 7) is 2.06. The van der Waals surface area contributed by atoms with E-state index in [0.717, 1.165) is 29.0 Å². The molecule has 0 saturated heterocycles. The normalized spacial score (nSPS) is 29.0. The van der Waals surface area contributed by atoms with Crippen molar-refractivity contribution in [3.63, 3.8) is 0 Å². The standard InChI is InChI=1S/C26H31NO3/c1-16-4-5-21(26-13-17-6-18(14-26)8-19(7-17)15-26)11-24(16)27-25(28)20-9-22(29-2)12-23(10-20)30-3/h4-5,9-12,17-19H,6-8,13-15H2,1-3H3,(H,27,28). The predicted molar refractivity (Wildman–Crippen MR) is 119 cm³/mol. The highest BCUT2D eigenvalue weighted by atomic mass is 16.5. The van der Waals surface area contributed by atoms with Crippen molar-refractivity contribution >= 4 is 11.6 Å². The molecule has 0 aromatic heterocycles. The maximum absolute atomic E-state index is 13.0. The van der Waals surface area contributed by atoms with Crippen LogP contribution in [-0.2, 0) is 5.41 Å². The highest BCUT2D eigenvalue weighted by molar-refractivity contribution is 6.05. The maximum atomic E-state index is 13.0. The molecule has 6 rings (SSSR count). The molecule has 0 radical (unpaired) electrons. The molecule has 30 heavy (non-hydrogen) atoms. The number of ether oxygens (including phenoxy) is 2. The lowest BCUT2D eigenvalue weighted by atomic mass is 9.48. The fourth-order valence-corrected chi connectivity index (χ4v) is 6.68. The Labute approximate surface area is 179 Å². The first-order chi connectivity index (χ1) is 14.5. The van der Waals surface area contributed by atoms with Crippen molar-refractivity contribution in [3.8, 4) is 11.5 Å². The molecule has 4 aliphatic carbocycles. The number of amides is 1. The minimum Gasteiger partial charge on any atom is -0.497 e. The molecule has 0 unspecified atom stereocenters. The van der Waals surface area contributed by atoms with E-state index in [-0.39, 0.29) is 5.91 Å². The van der Waals surface area contributed by atoms with Crippen LogP contribution in [0.4, 0.5) is 5.69 Å². The average Bonchev–Trinajstić information content (AvgIpc) is 2.73. The molecule has 158 valence electrons. The Morgan fingerprint density at radius 2 is 1.47 bits per heavy atom. The van der Waals surface area contributed by atoms with E-state index >= 15 is 0 Å². The highest BCUT2D eigenvalue weighted by Gasteiger charge is 2.51. The van der Waals surface area contributed by atoms with Gasteiger partial charge in [-0.3, -0.25) is 4.79 Å². The maximum Gasteiger partial charge on any atom is 0.255 e. The molecule has 4 aliphatic rings. The molecule has 0 atom stereocenters. The van der Waals surface area contributed by atoms with Crippen LogP contribution in [0.3, 0.4) is 0 Å². The van der Waals surface area contributed by atoms with Gasteiger partial charge >= 0.3 is 0 Å². The third-order valence-corrected chi connectivity index (χ3v) is 7.75. The number of hydrogen-bond donors (Lipinski definition) is 1. The molecular formula is C26H31NO3. The monoisotopic (exact) mass is 405 g/mol. The van der Waals surface area contributed by atoms with E-state index in [9.17, 15) is 4.79 Å². The van der Waals surface area contributed by atoms with Crippen LogP contribution in [-0.4, -0.2) is 20.1 Å². The van der Waals surface area contributed by atoms with Crippen LogP contribution in [0.1, 0.15) is 60.0 Å². The highest BCUT2D eigenvalue weighted by Crippen LogP contribution is 2.60. The van der Waals surface area contributed by atoms with Gasteiger partial charge in [-0.2, -0.15) is 0 Å². The zero-order valence-electron chi connectivity index (χ0n) is 18.2. The molecule has 4 nitrogen and oxygen atoms in total. The van der Waals surface area contributed by atoms with E-state index in [1.807, 2.05) is 0 Å². The van der Waals surface area contributed by atoms with E-state index in [1.165, 1.54) is 44.1 Å². The van der Waals surface area contributed by atoms with Crippen molar-refractivity contribution in [2.24, 2.45) is 17.8 Å². The fourth-order valence-electron chi connectivity index (χ4n) is 6.68. The van der Waals surface area contributed by atoms with Crippen LogP contribution in [0, 0.1) is 24.7 Å². The van der Waals surface area contributed by atoms with Crippen LogP contribution in [0.15, 0.2) is 36.4 Å². The average molecular weight is 406 g/mol. The quantitative estimate of drug-likeness (QED) is 0.691. The van der Waals surface area contributed by atoms with E-state index < -0.39 is 0 Å². The first kappa shape index (κ1) is 19.5. The van der Waals surface area contributed by atoms with Gasteiger partial charge in [-0.15, -0.1) is 0 Å². The van der Waals surface area contributed by atoms with Gasteiger partial charge in [0.25, 0.3) is 5.91 Å². The summed E-state index contributed by atoms with van der Waals surface area (Å²) in [6, 6.07) is 12.0. The summed E-state index contributed by atoms with van der Waals surface area (Å²) in [5.41, 5.74) is 4.28. The Hall–Kier alpha value is -2.49. The van der Waals surface area contributed by atoms with Crippen molar-refractivity contribution in [2.75, 3.05) is 19.5 Å². The van der Waals surface area contributed by atoms with Crippen LogP contribution >= 0.6 is 0 Å². The van der Waals surface area contributed by atoms with Gasteiger partial charge in [-0.25, -0.2) is 0 Å². The third kappa shape index (κ3) is 3.36. The largest absolute Gasteiger partial charge is 0.497 e. The summed E-state index contributed by atoms with van der Waals surface area (Å²) in [6.07, 6.45) is 8.28. The second kappa shape index (κ2) is 7.33. The lowest BCUT2D eigenvalue weighted by Gasteiger charge is -2.57. The topological polar surface area (TPSA) is 47.6 Å². The van der Waals surface area contributed by atoms with Crippen molar-refractivity contribution < 1.29 is 14.3 Å². The number of methoxy groups -OCH3 is 2. The smallest absolute Gasteiger partial charge is 0.255 e. The number of carbonyl (C=O) groups is 1. The number of anilines is 1. The minimum absolute atomic E-state index is 0.141. The zero-order chi connectivity index (χ0) is 20.9. The molecule has 4 heteroatoms. The third-order valence-electron chi connectivity index (χ3n) is 7.75. The number of benzene rings is 2. The number of rotatable bonds is 5. The van der Waals surface area contributed by atoms with Gasteiger partial charge in [0, 0.05) is 17.3 Å². The number of nitrogens with one attached hydrogen (secondary N) is 1. The molecule has 0 aliphatic heterocycles. The summed E-state index contributed by atoms with van der Waals surface area (Å²) in [4.78, 5) is 13.0. The Morgan fingerprint density at radius 1 is 0.900 bits per heavy atom. The van der Waals surface area contributed by atoms with Gasteiger partial charge in [0.2, 0.25) is 0 Å². The first-order valence-corrected chi connectivity index (χ1v) is 11.1. The molecule has 1 amide bonds. The van der Waals surface area contributed by atoms with Gasteiger partial charge in [0.05, 0.1) is 14.2 Å². The Bertz CT molecular complexity index is 923. The Morgan fingerprint density at radius 3 is 2.00 bits per heavy atom. The van der Waals surface area contributed by atoms with Gasteiger partial charge < -0.3 is 14.8 Å². The molecule has 1 N–H and O–H groups in total. The van der Waals surface area contributed by atoms with Crippen LogP contribution in [0.5, 0.6) is 11.5 Å². The minimum atomic E-state index is -0.141. The molecule has 4 fully saturated rings. The van der Waals surface area contributed by atoms with E-state index in [2.05, 4.69) is 30.4 Å². The second-order valence-electron chi connectivity index (χ2n) is 9.78. The van der Waals surface area contributed by atoms with Crippen molar-refractivity contribution in [3.05, 3.63) is 53.1 Å². The van der Waals surface area contributed by atoms with E-state index in [4.69, 9.17) is 9.47 Å². The number of carbonyl (C=O) groups excluding carboxylic acids is 1. The summed E-state index contributed by atoms with van der Waals surface area (Å²) < 4.78 is 10.6. The van der Waals surface area contributed by atoms with Gasteiger partial charge in [-0.1, -0.05) is 12.1 Å². The molecule has 2 aromatic carbocycles. The van der Waals surface area contributed by atoms with Gasteiger partial charge in [0.15, 0.2) is 0 Å². The second-order valence-corrected chi connectivity index (χ2v) is 9.78. The number of hydrogen-bond acceptors (Lipinski definition) is 3. The van der Waals surface area contributed by atoms with Crippen molar-refractivity contribution in [1.82, 2.24) is 0 Å². The molecule has 4 bridgehead atoms. The lowest BCUT2D eigenvalue weighted by molar-refractivity contribution is -0.00517. The molecule has 2 aromatic rings. The number of aryl methyl sites for hydroxylation is 1. The SMILES string of the molecule is COc1cc(OC)cc(C(=O)Nc2cc(C34CC5CC(CC(C5)C3)C4)ccc2C)c1. The molecular weight excluding hydrogens is 374 g/mol. The van der Waals surface area contributed by atoms with Crippen LogP contribution in [0.25, 0.3) is 0 Å². The predicted octanol–water partition coefficient (Wildman–Crippen LogP) is 5.73. The summed E-state index contributed by atoms with van der Waals surface area (Å²) in [5, 5.41) is 3.15. The van der Waals surface area contributed by atoms with E-state index in [1.54, 1.807) is 32.4 Å². The lowest BCUT2D eigenvalue weighted by Crippen LogP contribution is -2.48. The molecule has 4 saturated carbocycles. The summed E-state index contributed by atoms with van der Waals surface area (Å²) in [7, 11) is 3.19. The van der Waals surface area contributed by atoms with Gasteiger partial charge in [0.1, 0.15) is 11.5 Å². The Kier molecular flexibility index (Phi) is 4.76. The van der Waals surface area contributed by atoms with Gasteiger partial charge in [-0.05, 0) is 97.9 Å². The van der Waals surface area contributed by atoms with Crippen molar-refractivity contribution in [1.29, 1.82) is 0 Å². The first-order valence-electron chi connectivity index (χ1n) is 11.1. The van der Waals surface area contributed by atoms with Crippen LogP contribution < -0.4 is 14.8 Å². The van der Waals surface area contributed by atoms with Crippen molar-refractivity contribution in [2.45, 2.75) is 50.9 Å². The molecule has 0 heterocycles. The summed E-state index contributed by atoms with van der Waals surface area (Å²) >= 11 is 0. The Balaban J connectivity index is 1.43. The molecule has 0 spiro atoms.